The Morgan fingerprint density at radius 2 is 1.96 bits per heavy atom. The molecule has 0 aromatic carbocycles. The molecule has 1 aromatic rings. The van der Waals surface area contributed by atoms with Crippen molar-refractivity contribution in [1.29, 1.82) is 0 Å². The molecular weight excluding hydrogens is 300 g/mol. The smallest absolute Gasteiger partial charge is 0.234 e. The van der Waals surface area contributed by atoms with Crippen molar-refractivity contribution in [2.24, 2.45) is 0 Å². The van der Waals surface area contributed by atoms with E-state index in [2.05, 4.69) is 20.1 Å². The Balaban J connectivity index is 1.43. The van der Waals surface area contributed by atoms with Crippen LogP contribution in [0.3, 0.4) is 0 Å². The molecule has 1 amide bonds. The summed E-state index contributed by atoms with van der Waals surface area (Å²) in [4.78, 5) is 21.5. The van der Waals surface area contributed by atoms with Crippen LogP contribution in [0.4, 0.5) is 0 Å². The molecule has 5 heteroatoms. The van der Waals surface area contributed by atoms with Crippen molar-refractivity contribution in [2.75, 3.05) is 32.7 Å². The van der Waals surface area contributed by atoms with Crippen LogP contribution in [-0.2, 0) is 11.3 Å². The van der Waals surface area contributed by atoms with E-state index >= 15 is 0 Å². The second-order valence-electron chi connectivity index (χ2n) is 7.08. The summed E-state index contributed by atoms with van der Waals surface area (Å²) < 4.78 is 0. The Morgan fingerprint density at radius 3 is 2.71 bits per heavy atom. The molecular formula is C19H30N4O. The minimum atomic E-state index is 0.108. The van der Waals surface area contributed by atoms with Gasteiger partial charge in [0, 0.05) is 18.8 Å². The zero-order valence-corrected chi connectivity index (χ0v) is 14.6. The zero-order chi connectivity index (χ0) is 16.6. The van der Waals surface area contributed by atoms with E-state index in [1.165, 1.54) is 51.6 Å². The second kappa shape index (κ2) is 9.14. The third kappa shape index (κ3) is 5.28. The monoisotopic (exact) mass is 330 g/mol. The first-order valence-electron chi connectivity index (χ1n) is 9.44. The zero-order valence-electron chi connectivity index (χ0n) is 14.6. The molecule has 132 valence electrons. The molecule has 3 heterocycles. The molecule has 2 fully saturated rings. The quantitative estimate of drug-likeness (QED) is 0.897. The summed E-state index contributed by atoms with van der Waals surface area (Å²) in [6.07, 6.45) is 9.67. The van der Waals surface area contributed by atoms with Crippen LogP contribution in [-0.4, -0.2) is 59.5 Å². The van der Waals surface area contributed by atoms with Crippen molar-refractivity contribution in [1.82, 2.24) is 20.1 Å². The van der Waals surface area contributed by atoms with Gasteiger partial charge in [-0.1, -0.05) is 18.9 Å². The second-order valence-corrected chi connectivity index (χ2v) is 7.08. The minimum Gasteiger partial charge on any atom is -0.349 e. The van der Waals surface area contributed by atoms with Gasteiger partial charge >= 0.3 is 0 Å². The first-order chi connectivity index (χ1) is 11.8. The average molecular weight is 330 g/mol. The fraction of sp³-hybridized carbons (Fsp3) is 0.684. The van der Waals surface area contributed by atoms with Crippen LogP contribution < -0.4 is 5.32 Å². The number of hydrogen-bond acceptors (Lipinski definition) is 4. The van der Waals surface area contributed by atoms with Gasteiger partial charge in [0.05, 0.1) is 18.8 Å². The number of hydrogen-bond donors (Lipinski definition) is 1. The van der Waals surface area contributed by atoms with Gasteiger partial charge in [0.1, 0.15) is 0 Å². The highest BCUT2D eigenvalue weighted by molar-refractivity contribution is 5.77. The summed E-state index contributed by atoms with van der Waals surface area (Å²) in [6, 6.07) is 6.42. The van der Waals surface area contributed by atoms with Gasteiger partial charge in [0.2, 0.25) is 5.91 Å². The first-order valence-corrected chi connectivity index (χ1v) is 9.44. The minimum absolute atomic E-state index is 0.108. The standard InChI is InChI=1S/C19H30N4O/c24-19(21-14-17-8-3-4-10-20-17)16-22-11-7-9-18(15-22)23-12-5-1-2-6-13-23/h3-4,8,10,18H,1-2,5-7,9,11-16H2,(H,21,24). The van der Waals surface area contributed by atoms with Crippen molar-refractivity contribution in [3.63, 3.8) is 0 Å². The Hall–Kier alpha value is -1.46. The van der Waals surface area contributed by atoms with Crippen LogP contribution >= 0.6 is 0 Å². The van der Waals surface area contributed by atoms with Crippen LogP contribution in [0.25, 0.3) is 0 Å². The van der Waals surface area contributed by atoms with E-state index in [0.29, 0.717) is 19.1 Å². The Bertz CT molecular complexity index is 499. The topological polar surface area (TPSA) is 48.5 Å². The molecule has 2 aliphatic rings. The number of pyridine rings is 1. The molecule has 0 spiro atoms. The molecule has 2 saturated heterocycles. The Labute approximate surface area is 145 Å². The molecule has 1 N–H and O–H groups in total. The summed E-state index contributed by atoms with van der Waals surface area (Å²) in [5.41, 5.74) is 0.909. The number of carbonyl (C=O) groups excluding carboxylic acids is 1. The molecule has 2 aliphatic heterocycles. The van der Waals surface area contributed by atoms with Gasteiger partial charge in [-0.3, -0.25) is 19.6 Å². The summed E-state index contributed by atoms with van der Waals surface area (Å²) in [7, 11) is 0. The van der Waals surface area contributed by atoms with Gasteiger partial charge in [-0.2, -0.15) is 0 Å². The van der Waals surface area contributed by atoms with Crippen molar-refractivity contribution in [2.45, 2.75) is 51.1 Å². The van der Waals surface area contributed by atoms with E-state index in [0.717, 1.165) is 18.8 Å². The molecule has 1 atom stereocenters. The third-order valence-electron chi connectivity index (χ3n) is 5.20. The normalized spacial score (nSPS) is 23.6. The number of nitrogens with zero attached hydrogens (tertiary/aromatic N) is 3. The maximum absolute atomic E-state index is 12.2. The van der Waals surface area contributed by atoms with Crippen LogP contribution in [0.5, 0.6) is 0 Å². The van der Waals surface area contributed by atoms with Crippen molar-refractivity contribution >= 4 is 5.91 Å². The molecule has 0 bridgehead atoms. The predicted molar refractivity (Wildman–Crippen MR) is 95.6 cm³/mol. The van der Waals surface area contributed by atoms with E-state index < -0.39 is 0 Å². The lowest BCUT2D eigenvalue weighted by molar-refractivity contribution is -0.122. The summed E-state index contributed by atoms with van der Waals surface area (Å²) in [5, 5.41) is 2.99. The van der Waals surface area contributed by atoms with Crippen LogP contribution in [0.2, 0.25) is 0 Å². The summed E-state index contributed by atoms with van der Waals surface area (Å²) in [6.45, 7) is 5.59. The molecule has 5 nitrogen and oxygen atoms in total. The number of piperidine rings is 1. The highest BCUT2D eigenvalue weighted by atomic mass is 16.2. The molecule has 1 unspecified atom stereocenters. The lowest BCUT2D eigenvalue weighted by Gasteiger charge is -2.38. The molecule has 3 rings (SSSR count). The fourth-order valence-electron chi connectivity index (χ4n) is 3.88. The maximum Gasteiger partial charge on any atom is 0.234 e. The number of aromatic nitrogens is 1. The largest absolute Gasteiger partial charge is 0.349 e. The van der Waals surface area contributed by atoms with Crippen molar-refractivity contribution in [3.05, 3.63) is 30.1 Å². The summed E-state index contributed by atoms with van der Waals surface area (Å²) >= 11 is 0. The van der Waals surface area contributed by atoms with Crippen LogP contribution in [0.15, 0.2) is 24.4 Å². The number of likely N-dealkylation sites (tertiary alicyclic amines) is 2. The number of carbonyl (C=O) groups is 1. The van der Waals surface area contributed by atoms with Gasteiger partial charge in [-0.05, 0) is 57.5 Å². The van der Waals surface area contributed by atoms with Gasteiger partial charge in [0.15, 0.2) is 0 Å². The van der Waals surface area contributed by atoms with Gasteiger partial charge in [0.25, 0.3) is 0 Å². The van der Waals surface area contributed by atoms with Crippen molar-refractivity contribution < 1.29 is 4.79 Å². The van der Waals surface area contributed by atoms with Gasteiger partial charge < -0.3 is 5.32 Å². The van der Waals surface area contributed by atoms with Gasteiger partial charge in [-0.15, -0.1) is 0 Å². The van der Waals surface area contributed by atoms with E-state index in [1.807, 2.05) is 18.2 Å². The molecule has 1 aromatic heterocycles. The lowest BCUT2D eigenvalue weighted by atomic mass is 10.0. The number of rotatable bonds is 5. The lowest BCUT2D eigenvalue weighted by Crippen LogP contribution is -2.50. The number of amides is 1. The van der Waals surface area contributed by atoms with Crippen LogP contribution in [0, 0.1) is 0 Å². The van der Waals surface area contributed by atoms with E-state index in [9.17, 15) is 4.79 Å². The number of nitrogens with one attached hydrogen (secondary N) is 1. The van der Waals surface area contributed by atoms with E-state index in [4.69, 9.17) is 0 Å². The maximum atomic E-state index is 12.2. The SMILES string of the molecule is O=C(CN1CCCC(N2CCCCCC2)C1)NCc1ccccn1. The molecule has 0 radical (unpaired) electrons. The molecule has 24 heavy (non-hydrogen) atoms. The average Bonchev–Trinajstić information content (AvgIpc) is 2.91. The Kier molecular flexibility index (Phi) is 6.61. The van der Waals surface area contributed by atoms with E-state index in [1.54, 1.807) is 6.20 Å². The first kappa shape index (κ1) is 17.4. The van der Waals surface area contributed by atoms with Crippen molar-refractivity contribution in [3.8, 4) is 0 Å². The molecule has 0 saturated carbocycles. The van der Waals surface area contributed by atoms with Gasteiger partial charge in [-0.25, -0.2) is 0 Å². The third-order valence-corrected chi connectivity index (χ3v) is 5.20. The Morgan fingerprint density at radius 1 is 1.12 bits per heavy atom. The molecule has 0 aliphatic carbocycles. The van der Waals surface area contributed by atoms with E-state index in [-0.39, 0.29) is 5.91 Å². The highest BCUT2D eigenvalue weighted by Crippen LogP contribution is 2.19. The highest BCUT2D eigenvalue weighted by Gasteiger charge is 2.26. The van der Waals surface area contributed by atoms with Crippen LogP contribution in [0.1, 0.15) is 44.2 Å². The predicted octanol–water partition coefficient (Wildman–Crippen LogP) is 2.04. The fourth-order valence-corrected chi connectivity index (χ4v) is 3.88. The summed E-state index contributed by atoms with van der Waals surface area (Å²) in [5.74, 6) is 0.108.